The monoisotopic (exact) mass is 687 g/mol. The van der Waals surface area contributed by atoms with E-state index in [1.807, 2.05) is 85.8 Å². The molecule has 5 aromatic carbocycles. The van der Waals surface area contributed by atoms with Crippen molar-refractivity contribution in [2.45, 2.75) is 41.9 Å². The van der Waals surface area contributed by atoms with Crippen LogP contribution in [0, 0.1) is 12.8 Å². The summed E-state index contributed by atoms with van der Waals surface area (Å²) in [7, 11) is -0.562. The lowest BCUT2D eigenvalue weighted by Gasteiger charge is -2.14. The molecule has 49 heavy (non-hydrogen) atoms. The number of rotatable bonds is 11. The highest BCUT2D eigenvalue weighted by Crippen LogP contribution is 2.35. The van der Waals surface area contributed by atoms with Gasteiger partial charge in [-0.15, -0.1) is 11.3 Å². The maximum Gasteiger partial charge on any atom is 0.320 e. The third-order valence-corrected chi connectivity index (χ3v) is 11.5. The highest BCUT2D eigenvalue weighted by molar-refractivity contribution is 7.97. The van der Waals surface area contributed by atoms with Gasteiger partial charge in [0.05, 0.1) is 24.1 Å². The summed E-state index contributed by atoms with van der Waals surface area (Å²) < 4.78 is 12.0. The summed E-state index contributed by atoms with van der Waals surface area (Å²) in [5.74, 6) is -2.44. The van der Waals surface area contributed by atoms with Crippen LogP contribution >= 0.6 is 11.3 Å². The van der Waals surface area contributed by atoms with Gasteiger partial charge in [-0.1, -0.05) is 54.1 Å². The van der Waals surface area contributed by atoms with E-state index in [2.05, 4.69) is 30.3 Å². The normalized spacial score (nSPS) is 11.8. The Morgan fingerprint density at radius 1 is 0.653 bits per heavy atom. The Morgan fingerprint density at radius 3 is 1.80 bits per heavy atom. The first-order valence-corrected chi connectivity index (χ1v) is 18.1. The number of carbonyl (C=O) groups excluding carboxylic acids is 3. The van der Waals surface area contributed by atoms with Crippen LogP contribution in [0.3, 0.4) is 0 Å². The molecule has 6 rings (SSSR count). The van der Waals surface area contributed by atoms with Crippen molar-refractivity contribution in [3.05, 3.63) is 148 Å². The molecule has 0 fully saturated rings. The lowest BCUT2D eigenvalue weighted by atomic mass is 9.98. The Bertz CT molecular complexity index is 2190. The number of ketones is 1. The lowest BCUT2D eigenvalue weighted by molar-refractivity contribution is -0.161. The molecule has 1 heterocycles. The Labute approximate surface area is 291 Å². The molecule has 0 aliphatic rings. The van der Waals surface area contributed by atoms with Crippen molar-refractivity contribution >= 4 is 60.1 Å². The minimum Gasteiger partial charge on any atom is -0.465 e. The summed E-state index contributed by atoms with van der Waals surface area (Å²) in [5, 5.41) is 1.12. The second-order valence-electron chi connectivity index (χ2n) is 11.5. The summed E-state index contributed by atoms with van der Waals surface area (Å²) in [6.45, 7) is 5.72. The van der Waals surface area contributed by atoms with Crippen molar-refractivity contribution < 1.29 is 23.9 Å². The number of aryl methyl sites for hydroxylation is 1. The summed E-state index contributed by atoms with van der Waals surface area (Å²) >= 11 is 1.52. The van der Waals surface area contributed by atoms with Crippen LogP contribution in [0.4, 0.5) is 0 Å². The molecule has 0 amide bonds. The van der Waals surface area contributed by atoms with E-state index < -0.39 is 28.8 Å². The predicted octanol–water partition coefficient (Wildman–Crippen LogP) is 8.33. The average Bonchev–Trinajstić information content (AvgIpc) is 3.12. The van der Waals surface area contributed by atoms with Gasteiger partial charge in [0.1, 0.15) is 0 Å². The molecule has 0 saturated heterocycles. The zero-order valence-electron chi connectivity index (χ0n) is 27.4. The standard InChI is InChI=1S/C41H35O6S2/c1-4-46-40(44)35(41(45)47-5-2)24-27-13-21-36-33(23-27)39(43)34-25-32(20-22-37(34)48-36)49(30-16-11-26(3)12-17-30)31-18-14-29(15-19-31)38(42)28-9-7-6-8-10-28/h6-23,25,35H,4-5,24H2,1-3H3/q+1. The first-order chi connectivity index (χ1) is 23.8. The van der Waals surface area contributed by atoms with E-state index in [4.69, 9.17) is 9.47 Å². The zero-order chi connectivity index (χ0) is 34.5. The molecule has 0 radical (unpaired) electrons. The maximum atomic E-state index is 14.1. The van der Waals surface area contributed by atoms with E-state index >= 15 is 0 Å². The largest absolute Gasteiger partial charge is 0.465 e. The predicted molar refractivity (Wildman–Crippen MR) is 196 cm³/mol. The quantitative estimate of drug-likeness (QED) is 0.0448. The minimum atomic E-state index is -1.12. The summed E-state index contributed by atoms with van der Waals surface area (Å²) in [4.78, 5) is 55.6. The molecule has 6 nitrogen and oxygen atoms in total. The zero-order valence-corrected chi connectivity index (χ0v) is 29.1. The molecule has 246 valence electrons. The summed E-state index contributed by atoms with van der Waals surface area (Å²) in [6.07, 6.45) is 0.0649. The molecule has 1 unspecified atom stereocenters. The van der Waals surface area contributed by atoms with Gasteiger partial charge in [-0.2, -0.15) is 0 Å². The Hall–Kier alpha value is -5.05. The van der Waals surface area contributed by atoms with Crippen LogP contribution in [0.25, 0.3) is 20.2 Å². The van der Waals surface area contributed by atoms with Gasteiger partial charge >= 0.3 is 11.9 Å². The number of hydrogen-bond acceptors (Lipinski definition) is 7. The molecule has 0 saturated carbocycles. The molecule has 0 aliphatic carbocycles. The fraction of sp³-hybridized carbons (Fsp3) is 0.171. The van der Waals surface area contributed by atoms with Crippen molar-refractivity contribution in [2.75, 3.05) is 13.2 Å². The number of benzene rings is 5. The third-order valence-electron chi connectivity index (χ3n) is 8.17. The van der Waals surface area contributed by atoms with Gasteiger partial charge in [-0.25, -0.2) is 0 Å². The molecular formula is C41H35O6S2+. The second-order valence-corrected chi connectivity index (χ2v) is 14.6. The number of esters is 2. The summed E-state index contributed by atoms with van der Waals surface area (Å²) in [6, 6.07) is 36.9. The molecule has 0 bridgehead atoms. The third kappa shape index (κ3) is 7.36. The van der Waals surface area contributed by atoms with Crippen LogP contribution in [0.1, 0.15) is 40.9 Å². The molecule has 0 aliphatic heterocycles. The first kappa shape index (κ1) is 33.8. The van der Waals surface area contributed by atoms with E-state index in [1.54, 1.807) is 19.9 Å². The van der Waals surface area contributed by atoms with E-state index in [-0.39, 0.29) is 30.8 Å². The Balaban J connectivity index is 1.40. The topological polar surface area (TPSA) is 86.7 Å². The number of fused-ring (bicyclic) bond motifs is 2. The molecule has 0 N–H and O–H groups in total. The smallest absolute Gasteiger partial charge is 0.320 e. The molecule has 8 heteroatoms. The van der Waals surface area contributed by atoms with Crippen LogP contribution in [-0.2, 0) is 36.4 Å². The lowest BCUT2D eigenvalue weighted by Crippen LogP contribution is -2.30. The van der Waals surface area contributed by atoms with Crippen molar-refractivity contribution in [3.63, 3.8) is 0 Å². The molecular weight excluding hydrogens is 653 g/mol. The number of hydrogen-bond donors (Lipinski definition) is 0. The van der Waals surface area contributed by atoms with E-state index in [0.29, 0.717) is 27.5 Å². The highest BCUT2D eigenvalue weighted by Gasteiger charge is 2.31. The van der Waals surface area contributed by atoms with Gasteiger partial charge in [0.2, 0.25) is 0 Å². The van der Waals surface area contributed by atoms with Crippen LogP contribution in [0.2, 0.25) is 0 Å². The van der Waals surface area contributed by atoms with Gasteiger partial charge in [0.15, 0.2) is 31.8 Å². The number of carbonyl (C=O) groups is 3. The van der Waals surface area contributed by atoms with Crippen molar-refractivity contribution in [3.8, 4) is 0 Å². The fourth-order valence-electron chi connectivity index (χ4n) is 5.70. The van der Waals surface area contributed by atoms with Gasteiger partial charge in [-0.05, 0) is 93.4 Å². The highest BCUT2D eigenvalue weighted by atomic mass is 32.2. The molecule has 1 atom stereocenters. The van der Waals surface area contributed by atoms with Gasteiger partial charge in [-0.3, -0.25) is 19.2 Å². The van der Waals surface area contributed by atoms with Crippen molar-refractivity contribution in [2.24, 2.45) is 5.92 Å². The first-order valence-electron chi connectivity index (χ1n) is 16.1. The SMILES string of the molecule is CCOC(=O)C(Cc1ccc2sc3ccc([S+](c4ccc(C)cc4)c4ccc(C(=O)c5ccccc5)cc4)cc3c(=O)c2c1)C(=O)OCC. The molecule has 0 spiro atoms. The van der Waals surface area contributed by atoms with Gasteiger partial charge in [0.25, 0.3) is 0 Å². The Morgan fingerprint density at radius 2 is 1.18 bits per heavy atom. The van der Waals surface area contributed by atoms with E-state index in [0.717, 1.165) is 29.6 Å². The van der Waals surface area contributed by atoms with Crippen LogP contribution in [0.5, 0.6) is 0 Å². The van der Waals surface area contributed by atoms with Crippen LogP contribution in [0.15, 0.2) is 135 Å². The molecule has 6 aromatic rings. The minimum absolute atomic E-state index is 0.0346. The fourth-order valence-corrected chi connectivity index (χ4v) is 8.81. The van der Waals surface area contributed by atoms with Crippen LogP contribution < -0.4 is 5.43 Å². The maximum absolute atomic E-state index is 14.1. The second kappa shape index (κ2) is 15.0. The van der Waals surface area contributed by atoms with Crippen LogP contribution in [-0.4, -0.2) is 30.9 Å². The van der Waals surface area contributed by atoms with Crippen molar-refractivity contribution in [1.29, 1.82) is 0 Å². The van der Waals surface area contributed by atoms with Crippen molar-refractivity contribution in [1.82, 2.24) is 0 Å². The summed E-state index contributed by atoms with van der Waals surface area (Å²) in [5.41, 5.74) is 2.95. The van der Waals surface area contributed by atoms with E-state index in [9.17, 15) is 19.2 Å². The number of ether oxygens (including phenoxy) is 2. The van der Waals surface area contributed by atoms with E-state index in [1.165, 1.54) is 11.3 Å². The van der Waals surface area contributed by atoms with Gasteiger partial charge < -0.3 is 9.47 Å². The average molecular weight is 688 g/mol. The molecule has 1 aromatic heterocycles. The Kier molecular flexibility index (Phi) is 10.4. The van der Waals surface area contributed by atoms with Gasteiger partial charge in [0, 0.05) is 37.4 Å².